The minimum absolute atomic E-state index is 0.0991. The van der Waals surface area contributed by atoms with E-state index in [0.717, 1.165) is 11.0 Å². The number of nitrogens with zero attached hydrogens (tertiary/aromatic N) is 1. The Morgan fingerprint density at radius 3 is 1.97 bits per heavy atom. The van der Waals surface area contributed by atoms with Crippen molar-refractivity contribution >= 4 is 18.7 Å². The molecule has 2 aromatic rings. The largest absolute Gasteiger partial charge is 0.494 e. The molecule has 38 heavy (non-hydrogen) atoms. The second kappa shape index (κ2) is 13.1. The van der Waals surface area contributed by atoms with Crippen molar-refractivity contribution < 1.29 is 28.3 Å². The number of hydrogen-bond donors (Lipinski definition) is 1. The van der Waals surface area contributed by atoms with Crippen LogP contribution in [0.3, 0.4) is 0 Å². The van der Waals surface area contributed by atoms with Gasteiger partial charge in [0.1, 0.15) is 11.9 Å². The highest BCUT2D eigenvalue weighted by Crippen LogP contribution is 2.36. The lowest BCUT2D eigenvalue weighted by Crippen LogP contribution is -2.45. The van der Waals surface area contributed by atoms with Crippen LogP contribution in [0.1, 0.15) is 86.8 Å². The van der Waals surface area contributed by atoms with E-state index in [0.29, 0.717) is 19.4 Å². The molecule has 0 spiro atoms. The number of cyclic esters (lactones) is 1. The molecule has 0 aliphatic carbocycles. The molecule has 4 rings (SSSR count). The van der Waals surface area contributed by atoms with Gasteiger partial charge in [0.25, 0.3) is 0 Å². The van der Waals surface area contributed by atoms with Gasteiger partial charge in [0.05, 0.1) is 22.8 Å². The Kier molecular flexibility index (Phi) is 11.0. The fourth-order valence-corrected chi connectivity index (χ4v) is 4.20. The predicted molar refractivity (Wildman–Crippen MR) is 151 cm³/mol. The number of rotatable bonds is 5. The summed E-state index contributed by atoms with van der Waals surface area (Å²) in [5.41, 5.74) is 0.401. The fraction of sp³-hybridized carbons (Fsp3) is 0.567. The Hall–Kier alpha value is -2.42. The zero-order chi connectivity index (χ0) is 28.7. The number of halogens is 1. The molecule has 2 heterocycles. The number of ether oxygens (including phenoxy) is 1. The maximum absolute atomic E-state index is 12.5. The highest BCUT2D eigenvalue weighted by Gasteiger charge is 2.51. The molecule has 0 saturated carbocycles. The number of carbonyl (C=O) groups excluding carboxylic acids is 1. The van der Waals surface area contributed by atoms with Crippen molar-refractivity contribution in [3.8, 4) is 0 Å². The third kappa shape index (κ3) is 8.55. The van der Waals surface area contributed by atoms with Crippen molar-refractivity contribution in [1.82, 2.24) is 4.90 Å². The van der Waals surface area contributed by atoms with Gasteiger partial charge in [-0.25, -0.2) is 9.18 Å². The van der Waals surface area contributed by atoms with Gasteiger partial charge in [-0.3, -0.25) is 0 Å². The highest BCUT2D eigenvalue weighted by atomic mass is 19.1. The number of benzene rings is 2. The quantitative estimate of drug-likeness (QED) is 0.463. The van der Waals surface area contributed by atoms with Gasteiger partial charge in [-0.15, -0.1) is 0 Å². The monoisotopic (exact) mass is 529 g/mol. The maximum Gasteiger partial charge on any atom is 0.494 e. The van der Waals surface area contributed by atoms with Gasteiger partial charge in [0.2, 0.25) is 0 Å². The maximum atomic E-state index is 12.5. The van der Waals surface area contributed by atoms with Crippen molar-refractivity contribution in [2.75, 3.05) is 6.54 Å². The van der Waals surface area contributed by atoms with Crippen LogP contribution in [-0.2, 0) is 14.0 Å². The van der Waals surface area contributed by atoms with Crippen LogP contribution in [0.5, 0.6) is 0 Å². The molecule has 1 amide bonds. The molecule has 2 saturated heterocycles. The minimum Gasteiger partial charge on any atom is -0.446 e. The van der Waals surface area contributed by atoms with Crippen LogP contribution < -0.4 is 5.46 Å². The van der Waals surface area contributed by atoms with E-state index in [4.69, 9.17) is 14.0 Å². The van der Waals surface area contributed by atoms with E-state index in [1.165, 1.54) is 12.1 Å². The first-order valence-electron chi connectivity index (χ1n) is 13.5. The molecule has 0 bridgehead atoms. The molecule has 2 unspecified atom stereocenters. The number of carbonyl (C=O) groups is 1. The molecule has 2 fully saturated rings. The Morgan fingerprint density at radius 2 is 1.55 bits per heavy atom. The number of aliphatic hydroxyl groups is 1. The molecule has 2 atom stereocenters. The van der Waals surface area contributed by atoms with Crippen LogP contribution in [0.4, 0.5) is 9.18 Å². The third-order valence-corrected chi connectivity index (χ3v) is 7.07. The zero-order valence-corrected chi connectivity index (χ0v) is 24.5. The zero-order valence-electron chi connectivity index (χ0n) is 24.5. The third-order valence-electron chi connectivity index (χ3n) is 7.07. The van der Waals surface area contributed by atoms with Gasteiger partial charge in [-0.1, -0.05) is 56.3 Å². The molecule has 2 aromatic carbocycles. The lowest BCUT2D eigenvalue weighted by atomic mass is 9.78. The molecular weight excluding hydrogens is 484 g/mol. The van der Waals surface area contributed by atoms with Crippen molar-refractivity contribution in [1.29, 1.82) is 0 Å². The van der Waals surface area contributed by atoms with Crippen molar-refractivity contribution in [3.63, 3.8) is 0 Å². The average molecular weight is 530 g/mol. The molecule has 1 N–H and O–H groups in total. The van der Waals surface area contributed by atoms with Crippen LogP contribution in [0.15, 0.2) is 54.6 Å². The second-order valence-corrected chi connectivity index (χ2v) is 11.2. The van der Waals surface area contributed by atoms with E-state index in [2.05, 4.69) is 0 Å². The summed E-state index contributed by atoms with van der Waals surface area (Å²) in [7, 11) is -0.396. The number of hydrogen-bond acceptors (Lipinski definition) is 5. The summed E-state index contributed by atoms with van der Waals surface area (Å²) >= 11 is 0. The predicted octanol–water partition coefficient (Wildman–Crippen LogP) is 6.27. The summed E-state index contributed by atoms with van der Waals surface area (Å²) in [6.45, 7) is 18.2. The van der Waals surface area contributed by atoms with Gasteiger partial charge in [-0.2, -0.15) is 0 Å². The first kappa shape index (κ1) is 31.8. The summed E-state index contributed by atoms with van der Waals surface area (Å²) in [5, 5.41) is 9.96. The van der Waals surface area contributed by atoms with Gasteiger partial charge < -0.3 is 24.1 Å². The first-order valence-corrected chi connectivity index (χ1v) is 13.5. The van der Waals surface area contributed by atoms with Crippen LogP contribution >= 0.6 is 0 Å². The summed E-state index contributed by atoms with van der Waals surface area (Å²) in [5.74, 6) is -0.178. The molecule has 0 aromatic heterocycles. The summed E-state index contributed by atoms with van der Waals surface area (Å²) in [6.07, 6.45) is 0.597. The van der Waals surface area contributed by atoms with Gasteiger partial charge >= 0.3 is 13.2 Å². The Bertz CT molecular complexity index is 992. The molecule has 0 radical (unpaired) electrons. The van der Waals surface area contributed by atoms with Crippen LogP contribution in [0, 0.1) is 5.82 Å². The Morgan fingerprint density at radius 1 is 1.03 bits per heavy atom. The topological polar surface area (TPSA) is 68.2 Å². The Balaban J connectivity index is 0.000000481. The summed E-state index contributed by atoms with van der Waals surface area (Å²) in [6, 6.07) is 15.9. The van der Waals surface area contributed by atoms with Crippen molar-refractivity contribution in [2.45, 2.75) is 104 Å². The smallest absolute Gasteiger partial charge is 0.446 e. The normalized spacial score (nSPS) is 20.9. The molecule has 210 valence electrons. The molecule has 2 aliphatic rings. The lowest BCUT2D eigenvalue weighted by Gasteiger charge is -2.37. The first-order chi connectivity index (χ1) is 17.7. The van der Waals surface area contributed by atoms with E-state index in [9.17, 15) is 14.3 Å². The van der Waals surface area contributed by atoms with Gasteiger partial charge in [0.15, 0.2) is 0 Å². The van der Waals surface area contributed by atoms with Crippen LogP contribution in [0.2, 0.25) is 0 Å². The molecule has 8 heteroatoms. The number of amides is 1. The molecule has 6 nitrogen and oxygen atoms in total. The lowest BCUT2D eigenvalue weighted by molar-refractivity contribution is -0.0309. The van der Waals surface area contributed by atoms with E-state index in [1.807, 2.05) is 72.7 Å². The van der Waals surface area contributed by atoms with Gasteiger partial charge in [-0.05, 0) is 71.6 Å². The highest BCUT2D eigenvalue weighted by molar-refractivity contribution is 6.62. The average Bonchev–Trinajstić information content (AvgIpc) is 3.07. The van der Waals surface area contributed by atoms with Crippen molar-refractivity contribution in [2.24, 2.45) is 0 Å². The van der Waals surface area contributed by atoms with Crippen LogP contribution in [0.25, 0.3) is 0 Å². The van der Waals surface area contributed by atoms with E-state index in [-0.39, 0.29) is 35.3 Å². The summed E-state index contributed by atoms with van der Waals surface area (Å²) in [4.78, 5) is 14.2. The minimum atomic E-state index is -0.845. The fourth-order valence-electron chi connectivity index (χ4n) is 4.20. The standard InChI is InChI=1S/C22H34BNO5.C6H5F.C2H6/c1-15(24-13-12-18(27-19(24)25)14-20(2,3)26)16-8-10-17(11-9-16)23-28-21(4,5)22(6,7)29-23;7-6-4-2-1-3-5-6;1-2/h8-11,15,18,26H,12-14H2,1-7H3;1-5H;1-2H3. The SMILES string of the molecule is CC.CC(c1ccc(B2OC(C)(C)C(C)(C)O2)cc1)N1CCC(CC(C)(C)O)OC1=O.Fc1ccccc1. The molecule has 2 aliphatic heterocycles. The van der Waals surface area contributed by atoms with E-state index >= 15 is 0 Å². The summed E-state index contributed by atoms with van der Waals surface area (Å²) < 4.78 is 29.7. The van der Waals surface area contributed by atoms with E-state index in [1.54, 1.807) is 36.9 Å². The van der Waals surface area contributed by atoms with E-state index < -0.39 is 12.7 Å². The Labute approximate surface area is 228 Å². The second-order valence-electron chi connectivity index (χ2n) is 11.2. The van der Waals surface area contributed by atoms with Crippen LogP contribution in [-0.4, -0.2) is 52.7 Å². The van der Waals surface area contributed by atoms with Gasteiger partial charge in [0, 0.05) is 19.4 Å². The van der Waals surface area contributed by atoms with Crippen molar-refractivity contribution in [3.05, 3.63) is 66.0 Å². The molecular formula is C30H45BFNO5.